The summed E-state index contributed by atoms with van der Waals surface area (Å²) in [6, 6.07) is 19.8. The van der Waals surface area contributed by atoms with Crippen molar-refractivity contribution in [3.05, 3.63) is 102 Å². The van der Waals surface area contributed by atoms with Gasteiger partial charge < -0.3 is 14.8 Å². The molecule has 31 heavy (non-hydrogen) atoms. The third kappa shape index (κ3) is 2.78. The van der Waals surface area contributed by atoms with E-state index in [1.165, 1.54) is 0 Å². The molecule has 152 valence electrons. The minimum absolute atomic E-state index is 0.206. The second-order valence-corrected chi connectivity index (χ2v) is 7.44. The lowest BCUT2D eigenvalue weighted by atomic mass is 9.85. The first-order valence-electron chi connectivity index (χ1n) is 10.0. The Morgan fingerprint density at radius 3 is 2.68 bits per heavy atom. The van der Waals surface area contributed by atoms with E-state index in [1.54, 1.807) is 19.6 Å². The molecule has 2 aromatic carbocycles. The summed E-state index contributed by atoms with van der Waals surface area (Å²) in [6.45, 7) is 0. The van der Waals surface area contributed by atoms with E-state index in [4.69, 9.17) is 9.47 Å². The summed E-state index contributed by atoms with van der Waals surface area (Å²) in [6.07, 6.45) is 4.90. The third-order valence-electron chi connectivity index (χ3n) is 5.74. The maximum absolute atomic E-state index is 6.58. The van der Waals surface area contributed by atoms with Crippen molar-refractivity contribution in [2.75, 3.05) is 12.4 Å². The Morgan fingerprint density at radius 1 is 1.00 bits per heavy atom. The highest BCUT2D eigenvalue weighted by molar-refractivity contribution is 5.85. The van der Waals surface area contributed by atoms with Gasteiger partial charge in [0.2, 0.25) is 5.95 Å². The van der Waals surface area contributed by atoms with Crippen LogP contribution in [0.1, 0.15) is 28.8 Å². The van der Waals surface area contributed by atoms with Crippen molar-refractivity contribution in [1.82, 2.24) is 19.7 Å². The van der Waals surface area contributed by atoms with Crippen molar-refractivity contribution in [2.24, 2.45) is 0 Å². The predicted octanol–water partition coefficient (Wildman–Crippen LogP) is 4.24. The fourth-order valence-corrected chi connectivity index (χ4v) is 4.33. The summed E-state index contributed by atoms with van der Waals surface area (Å²) in [5, 5.41) is 8.02. The summed E-state index contributed by atoms with van der Waals surface area (Å²) in [5.74, 6) is 2.32. The average Bonchev–Trinajstić information content (AvgIpc) is 3.31. The van der Waals surface area contributed by atoms with Crippen LogP contribution in [0.4, 0.5) is 5.95 Å². The minimum Gasteiger partial charge on any atom is -0.497 e. The van der Waals surface area contributed by atoms with Crippen molar-refractivity contribution < 1.29 is 9.47 Å². The number of nitrogens with one attached hydrogen (secondary N) is 1. The van der Waals surface area contributed by atoms with Crippen LogP contribution in [0.3, 0.4) is 0 Å². The molecule has 2 aliphatic rings. The molecule has 2 aromatic heterocycles. The van der Waals surface area contributed by atoms with Gasteiger partial charge in [0, 0.05) is 23.5 Å². The number of fused-ring (bicyclic) bond motifs is 3. The molecule has 6 rings (SSSR count). The topological polar surface area (TPSA) is 74.1 Å². The Morgan fingerprint density at radius 2 is 1.87 bits per heavy atom. The standard InChI is InChI=1S/C24H19N5O2/c1-30-17-10-8-15(9-11-17)23-20-21(18-6-2-3-7-19(18)31-23)28-24-26-14-27-29(24)22(20)16-5-4-12-25-13-16/h2-14,22-23H,1H3,(H,26,27,28). The van der Waals surface area contributed by atoms with Crippen molar-refractivity contribution in [1.29, 1.82) is 0 Å². The molecular weight excluding hydrogens is 390 g/mol. The number of hydrogen-bond donors (Lipinski definition) is 1. The molecule has 0 amide bonds. The maximum Gasteiger partial charge on any atom is 0.226 e. The van der Waals surface area contributed by atoms with Crippen LogP contribution < -0.4 is 14.8 Å². The van der Waals surface area contributed by atoms with Crippen molar-refractivity contribution >= 4 is 11.6 Å². The van der Waals surface area contributed by atoms with Gasteiger partial charge in [0.15, 0.2) is 0 Å². The van der Waals surface area contributed by atoms with Gasteiger partial charge in [0.25, 0.3) is 0 Å². The van der Waals surface area contributed by atoms with E-state index in [2.05, 4.69) is 32.5 Å². The van der Waals surface area contributed by atoms with E-state index in [0.29, 0.717) is 5.95 Å². The van der Waals surface area contributed by atoms with Gasteiger partial charge in [-0.1, -0.05) is 30.3 Å². The smallest absolute Gasteiger partial charge is 0.226 e. The molecular formula is C24H19N5O2. The van der Waals surface area contributed by atoms with Gasteiger partial charge in [0.1, 0.15) is 30.0 Å². The fourth-order valence-electron chi connectivity index (χ4n) is 4.33. The normalized spacial score (nSPS) is 18.9. The highest BCUT2D eigenvalue weighted by Gasteiger charge is 2.40. The molecule has 2 atom stereocenters. The van der Waals surface area contributed by atoms with Crippen molar-refractivity contribution in [3.63, 3.8) is 0 Å². The van der Waals surface area contributed by atoms with E-state index in [-0.39, 0.29) is 12.1 Å². The number of pyridine rings is 1. The molecule has 0 bridgehead atoms. The number of benzene rings is 2. The lowest BCUT2D eigenvalue weighted by Crippen LogP contribution is -2.32. The van der Waals surface area contributed by atoms with Crippen LogP contribution in [-0.2, 0) is 0 Å². The Bertz CT molecular complexity index is 1280. The summed E-state index contributed by atoms with van der Waals surface area (Å²) in [4.78, 5) is 8.80. The highest BCUT2D eigenvalue weighted by atomic mass is 16.5. The zero-order valence-electron chi connectivity index (χ0n) is 16.8. The number of para-hydroxylation sites is 1. The largest absolute Gasteiger partial charge is 0.497 e. The zero-order chi connectivity index (χ0) is 20.8. The number of anilines is 1. The van der Waals surface area contributed by atoms with Gasteiger partial charge in [-0.25, -0.2) is 4.68 Å². The van der Waals surface area contributed by atoms with E-state index >= 15 is 0 Å². The quantitative estimate of drug-likeness (QED) is 0.546. The minimum atomic E-state index is -0.314. The molecule has 2 unspecified atom stereocenters. The Balaban J connectivity index is 1.60. The van der Waals surface area contributed by atoms with Crippen LogP contribution in [0.2, 0.25) is 0 Å². The van der Waals surface area contributed by atoms with Crippen molar-refractivity contribution in [2.45, 2.75) is 12.1 Å². The van der Waals surface area contributed by atoms with Crippen LogP contribution >= 0.6 is 0 Å². The Labute approximate surface area is 179 Å². The first-order valence-corrected chi connectivity index (χ1v) is 10.0. The van der Waals surface area contributed by atoms with Gasteiger partial charge >= 0.3 is 0 Å². The van der Waals surface area contributed by atoms with Gasteiger partial charge in [0.05, 0.1) is 12.8 Å². The summed E-state index contributed by atoms with van der Waals surface area (Å²) >= 11 is 0. The van der Waals surface area contributed by atoms with Crippen LogP contribution in [0.5, 0.6) is 11.5 Å². The number of hydrogen-bond acceptors (Lipinski definition) is 6. The number of aromatic nitrogens is 4. The van der Waals surface area contributed by atoms with Gasteiger partial charge in [-0.15, -0.1) is 0 Å². The van der Waals surface area contributed by atoms with Crippen molar-refractivity contribution in [3.8, 4) is 11.5 Å². The molecule has 7 nitrogen and oxygen atoms in total. The SMILES string of the molecule is COc1ccc(C2Oc3ccccc3C3=C2C(c2cccnc2)n2ncnc2N3)cc1. The molecule has 0 saturated carbocycles. The van der Waals surface area contributed by atoms with E-state index < -0.39 is 0 Å². The van der Waals surface area contributed by atoms with Crippen LogP contribution in [0, 0.1) is 0 Å². The lowest BCUT2D eigenvalue weighted by Gasteiger charge is -2.38. The van der Waals surface area contributed by atoms with Gasteiger partial charge in [-0.2, -0.15) is 10.1 Å². The molecule has 1 N–H and O–H groups in total. The molecule has 2 aliphatic heterocycles. The highest BCUT2D eigenvalue weighted by Crippen LogP contribution is 2.50. The fraction of sp³-hybridized carbons (Fsp3) is 0.125. The molecule has 0 radical (unpaired) electrons. The second kappa shape index (κ2) is 6.98. The zero-order valence-corrected chi connectivity index (χ0v) is 16.8. The summed E-state index contributed by atoms with van der Waals surface area (Å²) in [5.41, 5.74) is 5.11. The van der Waals surface area contributed by atoms with Crippen LogP contribution in [-0.4, -0.2) is 26.9 Å². The lowest BCUT2D eigenvalue weighted by molar-refractivity contribution is 0.223. The molecule has 0 saturated heterocycles. The third-order valence-corrected chi connectivity index (χ3v) is 5.74. The van der Waals surface area contributed by atoms with E-state index in [1.807, 2.05) is 59.4 Å². The predicted molar refractivity (Wildman–Crippen MR) is 116 cm³/mol. The first-order chi connectivity index (χ1) is 15.3. The molecule has 0 fully saturated rings. The number of methoxy groups -OCH3 is 1. The second-order valence-electron chi connectivity index (χ2n) is 7.44. The molecule has 0 aliphatic carbocycles. The maximum atomic E-state index is 6.58. The molecule has 7 heteroatoms. The average molecular weight is 409 g/mol. The summed E-state index contributed by atoms with van der Waals surface area (Å²) in [7, 11) is 1.67. The number of nitrogens with zero attached hydrogens (tertiary/aromatic N) is 4. The summed E-state index contributed by atoms with van der Waals surface area (Å²) < 4.78 is 13.8. The molecule has 4 aromatic rings. The van der Waals surface area contributed by atoms with E-state index in [0.717, 1.165) is 39.5 Å². The Hall–Kier alpha value is -4.13. The number of rotatable bonds is 3. The van der Waals surface area contributed by atoms with Crippen LogP contribution in [0.15, 0.2) is 85.0 Å². The number of ether oxygens (including phenoxy) is 2. The Kier molecular flexibility index (Phi) is 3.99. The molecule has 4 heterocycles. The van der Waals surface area contributed by atoms with Crippen LogP contribution in [0.25, 0.3) is 5.70 Å². The molecule has 0 spiro atoms. The van der Waals surface area contributed by atoms with Gasteiger partial charge in [-0.3, -0.25) is 4.98 Å². The van der Waals surface area contributed by atoms with E-state index in [9.17, 15) is 0 Å². The first kappa shape index (κ1) is 17.7. The monoisotopic (exact) mass is 409 g/mol. The van der Waals surface area contributed by atoms with Gasteiger partial charge in [-0.05, 0) is 41.5 Å².